The molecule has 0 saturated heterocycles. The van der Waals surface area contributed by atoms with Crippen LogP contribution in [0.25, 0.3) is 0 Å². The van der Waals surface area contributed by atoms with Crippen LogP contribution in [0.4, 0.5) is 10.3 Å². The minimum absolute atomic E-state index is 0.0208. The van der Waals surface area contributed by atoms with Crippen LogP contribution in [-0.2, 0) is 17.9 Å². The summed E-state index contributed by atoms with van der Waals surface area (Å²) in [6.45, 7) is 3.62. The first-order chi connectivity index (χ1) is 12.3. The topological polar surface area (TPSA) is 77.6 Å². The van der Waals surface area contributed by atoms with Crippen LogP contribution < -0.4 is 5.32 Å². The Kier molecular flexibility index (Phi) is 5.24. The number of benzene rings is 1. The van der Waals surface area contributed by atoms with Crippen LogP contribution in [0.15, 0.2) is 24.5 Å². The summed E-state index contributed by atoms with van der Waals surface area (Å²) in [6.07, 6.45) is 1.39. The molecule has 3 aromatic rings. The maximum Gasteiger partial charge on any atom is 0.248 e. The number of amides is 1. The number of anilines is 1. The molecule has 0 aliphatic rings. The molecular weight excluding hydrogens is 382 g/mol. The van der Waals surface area contributed by atoms with Crippen molar-refractivity contribution in [3.63, 3.8) is 0 Å². The molecule has 3 rings (SSSR count). The van der Waals surface area contributed by atoms with Crippen molar-refractivity contribution in [1.82, 2.24) is 24.5 Å². The fourth-order valence-corrected chi connectivity index (χ4v) is 2.76. The van der Waals surface area contributed by atoms with Gasteiger partial charge in [0.15, 0.2) is 0 Å². The summed E-state index contributed by atoms with van der Waals surface area (Å²) < 4.78 is 16.7. The molecule has 2 aromatic heterocycles. The summed E-state index contributed by atoms with van der Waals surface area (Å²) in [4.78, 5) is 16.1. The van der Waals surface area contributed by atoms with Gasteiger partial charge in [0.1, 0.15) is 18.7 Å². The quantitative estimate of drug-likeness (QED) is 0.717. The fourth-order valence-electron chi connectivity index (χ4n) is 2.40. The highest BCUT2D eigenvalue weighted by molar-refractivity contribution is 6.32. The predicted octanol–water partition coefficient (Wildman–Crippen LogP) is 3.22. The molecular formula is C16H15Cl2FN6O. The Morgan fingerprint density at radius 3 is 2.69 bits per heavy atom. The molecule has 136 valence electrons. The van der Waals surface area contributed by atoms with Crippen molar-refractivity contribution in [2.75, 3.05) is 5.32 Å². The number of nitrogens with one attached hydrogen (secondary N) is 1. The lowest BCUT2D eigenvalue weighted by atomic mass is 10.2. The largest absolute Gasteiger partial charge is 0.292 e. The van der Waals surface area contributed by atoms with Gasteiger partial charge in [0.05, 0.1) is 23.0 Å². The summed E-state index contributed by atoms with van der Waals surface area (Å²) in [5.74, 6) is -0.677. The number of aryl methyl sites for hydroxylation is 1. The molecule has 0 bridgehead atoms. The third-order valence-corrected chi connectivity index (χ3v) is 4.66. The van der Waals surface area contributed by atoms with Crippen molar-refractivity contribution >= 4 is 35.1 Å². The van der Waals surface area contributed by atoms with Crippen LogP contribution in [0.3, 0.4) is 0 Å². The van der Waals surface area contributed by atoms with Crippen molar-refractivity contribution < 1.29 is 9.18 Å². The number of hydrogen-bond acceptors (Lipinski definition) is 4. The van der Waals surface area contributed by atoms with Crippen LogP contribution >= 0.6 is 23.2 Å². The highest BCUT2D eigenvalue weighted by atomic mass is 35.5. The van der Waals surface area contributed by atoms with Crippen molar-refractivity contribution in [2.24, 2.45) is 0 Å². The van der Waals surface area contributed by atoms with Gasteiger partial charge in [0.25, 0.3) is 0 Å². The highest BCUT2D eigenvalue weighted by Gasteiger charge is 2.14. The molecule has 26 heavy (non-hydrogen) atoms. The van der Waals surface area contributed by atoms with Gasteiger partial charge < -0.3 is 0 Å². The molecule has 0 atom stereocenters. The van der Waals surface area contributed by atoms with Gasteiger partial charge in [-0.3, -0.25) is 14.8 Å². The van der Waals surface area contributed by atoms with Crippen LogP contribution in [0, 0.1) is 19.7 Å². The van der Waals surface area contributed by atoms with Gasteiger partial charge in [-0.15, -0.1) is 5.10 Å². The molecule has 2 heterocycles. The molecule has 0 radical (unpaired) electrons. The smallest absolute Gasteiger partial charge is 0.248 e. The van der Waals surface area contributed by atoms with E-state index in [1.165, 1.54) is 27.8 Å². The zero-order valence-electron chi connectivity index (χ0n) is 14.0. The third-order valence-electron chi connectivity index (χ3n) is 3.76. The number of carbonyl (C=O) groups excluding carboxylic acids is 1. The van der Waals surface area contributed by atoms with Crippen LogP contribution in [0.1, 0.15) is 17.0 Å². The average Bonchev–Trinajstić information content (AvgIpc) is 3.11. The van der Waals surface area contributed by atoms with E-state index in [9.17, 15) is 9.18 Å². The molecule has 1 amide bonds. The number of aromatic nitrogens is 5. The Morgan fingerprint density at radius 2 is 2.04 bits per heavy atom. The Bertz CT molecular complexity index is 948. The SMILES string of the molecule is Cc1nn(CC(=O)Nc2ncn(Cc3c(F)cccc3Cl)n2)c(C)c1Cl. The Morgan fingerprint density at radius 1 is 1.27 bits per heavy atom. The molecule has 1 aromatic carbocycles. The van der Waals surface area contributed by atoms with Gasteiger partial charge in [-0.2, -0.15) is 5.10 Å². The van der Waals surface area contributed by atoms with Gasteiger partial charge >= 0.3 is 0 Å². The van der Waals surface area contributed by atoms with E-state index in [4.69, 9.17) is 23.2 Å². The lowest BCUT2D eigenvalue weighted by molar-refractivity contribution is -0.117. The van der Waals surface area contributed by atoms with E-state index in [1.54, 1.807) is 19.9 Å². The van der Waals surface area contributed by atoms with E-state index in [2.05, 4.69) is 20.5 Å². The van der Waals surface area contributed by atoms with Crippen LogP contribution in [0.2, 0.25) is 10.0 Å². The van der Waals surface area contributed by atoms with E-state index in [0.29, 0.717) is 27.0 Å². The zero-order chi connectivity index (χ0) is 18.8. The van der Waals surface area contributed by atoms with Crippen molar-refractivity contribution in [2.45, 2.75) is 26.9 Å². The molecule has 0 saturated carbocycles. The summed E-state index contributed by atoms with van der Waals surface area (Å²) in [6, 6.07) is 4.44. The van der Waals surface area contributed by atoms with Gasteiger partial charge in [0, 0.05) is 10.6 Å². The molecule has 0 aliphatic carbocycles. The maximum atomic E-state index is 13.8. The minimum atomic E-state index is -0.431. The van der Waals surface area contributed by atoms with Gasteiger partial charge in [-0.25, -0.2) is 14.1 Å². The standard InChI is InChI=1S/C16H15Cl2FN6O/c1-9-15(18)10(2)25(22-9)7-14(26)21-16-20-8-24(23-16)6-11-12(17)4-3-5-13(11)19/h3-5,8H,6-7H2,1-2H3,(H,21,23,26). The van der Waals surface area contributed by atoms with Crippen LogP contribution in [0.5, 0.6) is 0 Å². The second kappa shape index (κ2) is 7.43. The molecule has 10 heteroatoms. The van der Waals surface area contributed by atoms with E-state index >= 15 is 0 Å². The van der Waals surface area contributed by atoms with E-state index < -0.39 is 5.82 Å². The van der Waals surface area contributed by atoms with E-state index in [-0.39, 0.29) is 24.9 Å². The zero-order valence-corrected chi connectivity index (χ0v) is 15.5. The van der Waals surface area contributed by atoms with Crippen molar-refractivity contribution in [3.05, 3.63) is 57.3 Å². The molecule has 1 N–H and O–H groups in total. The molecule has 0 spiro atoms. The minimum Gasteiger partial charge on any atom is -0.292 e. The highest BCUT2D eigenvalue weighted by Crippen LogP contribution is 2.20. The first kappa shape index (κ1) is 18.3. The maximum absolute atomic E-state index is 13.8. The van der Waals surface area contributed by atoms with Gasteiger partial charge in [0.2, 0.25) is 11.9 Å². The second-order valence-corrected chi connectivity index (χ2v) is 6.44. The lowest BCUT2D eigenvalue weighted by Crippen LogP contribution is -2.21. The van der Waals surface area contributed by atoms with Gasteiger partial charge in [-0.1, -0.05) is 29.3 Å². The Balaban J connectivity index is 1.66. The number of hydrogen-bond donors (Lipinski definition) is 1. The Hall–Kier alpha value is -2.45. The van der Waals surface area contributed by atoms with Crippen molar-refractivity contribution in [3.8, 4) is 0 Å². The molecule has 7 nitrogen and oxygen atoms in total. The summed E-state index contributed by atoms with van der Waals surface area (Å²) in [5, 5.41) is 11.7. The predicted molar refractivity (Wildman–Crippen MR) is 95.9 cm³/mol. The second-order valence-electron chi connectivity index (χ2n) is 5.66. The lowest BCUT2D eigenvalue weighted by Gasteiger charge is -2.05. The van der Waals surface area contributed by atoms with E-state index in [0.717, 1.165) is 0 Å². The normalized spacial score (nSPS) is 11.0. The average molecular weight is 397 g/mol. The number of halogens is 3. The molecule has 0 fully saturated rings. The third kappa shape index (κ3) is 3.86. The molecule has 0 unspecified atom stereocenters. The van der Waals surface area contributed by atoms with Crippen LogP contribution in [-0.4, -0.2) is 30.5 Å². The fraction of sp³-hybridized carbons (Fsp3) is 0.250. The monoisotopic (exact) mass is 396 g/mol. The summed E-state index contributed by atoms with van der Waals surface area (Å²) in [5.41, 5.74) is 1.65. The van der Waals surface area contributed by atoms with Crippen molar-refractivity contribution in [1.29, 1.82) is 0 Å². The number of nitrogens with zero attached hydrogens (tertiary/aromatic N) is 5. The summed E-state index contributed by atoms with van der Waals surface area (Å²) in [7, 11) is 0. The number of rotatable bonds is 5. The number of carbonyl (C=O) groups is 1. The first-order valence-corrected chi connectivity index (χ1v) is 8.42. The van der Waals surface area contributed by atoms with Gasteiger partial charge in [-0.05, 0) is 26.0 Å². The summed E-state index contributed by atoms with van der Waals surface area (Å²) >= 11 is 12.1. The molecule has 0 aliphatic heterocycles. The first-order valence-electron chi connectivity index (χ1n) is 7.67. The Labute approximate surface area is 158 Å². The van der Waals surface area contributed by atoms with E-state index in [1.807, 2.05) is 0 Å².